The monoisotopic (exact) mass is 629 g/mol. The first-order chi connectivity index (χ1) is 19.1. The summed E-state index contributed by atoms with van der Waals surface area (Å²) in [7, 11) is -2.03. The highest BCUT2D eigenvalue weighted by Crippen LogP contribution is 2.23. The van der Waals surface area contributed by atoms with E-state index < -0.39 is 16.1 Å². The van der Waals surface area contributed by atoms with Crippen LogP contribution < -0.4 is 14.4 Å². The van der Waals surface area contributed by atoms with Gasteiger partial charge < -0.3 is 15.0 Å². The fraction of sp³-hybridized carbons (Fsp3) is 0.333. The van der Waals surface area contributed by atoms with E-state index in [-0.39, 0.29) is 37.7 Å². The molecule has 0 saturated heterocycles. The van der Waals surface area contributed by atoms with Crippen molar-refractivity contribution in [3.63, 3.8) is 0 Å². The van der Waals surface area contributed by atoms with Crippen LogP contribution in [0.1, 0.15) is 30.9 Å². The first-order valence-corrected chi connectivity index (χ1v) is 15.8. The van der Waals surface area contributed by atoms with Crippen molar-refractivity contribution in [1.29, 1.82) is 0 Å². The number of likely N-dealkylation sites (N-methyl/N-ethyl adjacent to an activating group) is 1. The summed E-state index contributed by atoms with van der Waals surface area (Å²) in [5, 5.41) is 2.71. The van der Waals surface area contributed by atoms with Crippen LogP contribution in [0.15, 0.2) is 83.3 Å². The lowest BCUT2D eigenvalue weighted by molar-refractivity contribution is -0.141. The third-order valence-electron chi connectivity index (χ3n) is 6.35. The van der Waals surface area contributed by atoms with Crippen LogP contribution in [-0.4, -0.2) is 57.6 Å². The Morgan fingerprint density at radius 2 is 1.65 bits per heavy atom. The molecule has 0 aliphatic rings. The summed E-state index contributed by atoms with van der Waals surface area (Å²) in [5.41, 5.74) is 2.30. The molecule has 0 saturated carbocycles. The third-order valence-corrected chi connectivity index (χ3v) is 8.03. The molecule has 40 heavy (non-hydrogen) atoms. The highest BCUT2D eigenvalue weighted by atomic mass is 79.9. The molecule has 3 aromatic rings. The number of hydrogen-bond donors (Lipinski definition) is 1. The van der Waals surface area contributed by atoms with Gasteiger partial charge in [0.2, 0.25) is 21.8 Å². The lowest BCUT2D eigenvalue weighted by atomic mass is 10.0. The summed E-state index contributed by atoms with van der Waals surface area (Å²) in [6, 6.07) is 23.3. The molecule has 3 aromatic carbocycles. The number of carbonyl (C=O) groups is 2. The van der Waals surface area contributed by atoms with Gasteiger partial charge in [0.05, 0.1) is 18.6 Å². The topological polar surface area (TPSA) is 96.0 Å². The maximum absolute atomic E-state index is 13.7. The average molecular weight is 631 g/mol. The Morgan fingerprint density at radius 3 is 2.25 bits per heavy atom. The molecule has 0 spiro atoms. The zero-order chi connectivity index (χ0) is 29.1. The summed E-state index contributed by atoms with van der Waals surface area (Å²) in [6.45, 7) is 2.74. The predicted octanol–water partition coefficient (Wildman–Crippen LogP) is 4.78. The van der Waals surface area contributed by atoms with Gasteiger partial charge in [0.15, 0.2) is 0 Å². The Bertz CT molecular complexity index is 1370. The minimum atomic E-state index is -3.59. The molecule has 0 fully saturated rings. The molecule has 10 heteroatoms. The standard InChI is InChI=1S/C30H36BrN3O5S/c1-4-39-27-17-15-26(16-18-27)34(40(3,37)38)19-9-14-29(35)33(22-24-12-8-13-25(31)20-24)28(30(36)32-2)21-23-10-6-5-7-11-23/h5-8,10-13,15-18,20,28H,4,9,14,19,21-22H2,1-3H3,(H,32,36). The van der Waals surface area contributed by atoms with E-state index in [1.54, 1.807) is 36.2 Å². The number of anilines is 1. The number of halogens is 1. The molecule has 3 rings (SSSR count). The van der Waals surface area contributed by atoms with Crippen molar-refractivity contribution >= 4 is 43.5 Å². The lowest BCUT2D eigenvalue weighted by Crippen LogP contribution is -2.49. The highest BCUT2D eigenvalue weighted by Gasteiger charge is 2.30. The van der Waals surface area contributed by atoms with Crippen molar-refractivity contribution in [3.8, 4) is 5.75 Å². The number of rotatable bonds is 14. The first kappa shape index (κ1) is 31.2. The van der Waals surface area contributed by atoms with Crippen LogP contribution in [0.5, 0.6) is 5.75 Å². The second-order valence-electron chi connectivity index (χ2n) is 9.34. The molecular formula is C30H36BrN3O5S. The third kappa shape index (κ3) is 9.09. The zero-order valence-corrected chi connectivity index (χ0v) is 25.4. The average Bonchev–Trinajstić information content (AvgIpc) is 2.93. The molecule has 1 unspecified atom stereocenters. The van der Waals surface area contributed by atoms with E-state index in [1.807, 2.05) is 61.5 Å². The van der Waals surface area contributed by atoms with Crippen molar-refractivity contribution in [1.82, 2.24) is 10.2 Å². The second-order valence-corrected chi connectivity index (χ2v) is 12.2. The van der Waals surface area contributed by atoms with E-state index in [9.17, 15) is 18.0 Å². The van der Waals surface area contributed by atoms with E-state index >= 15 is 0 Å². The summed E-state index contributed by atoms with van der Waals surface area (Å²) in [5.74, 6) is 0.153. The number of amides is 2. The Hall–Kier alpha value is -3.37. The molecule has 2 amide bonds. The molecule has 8 nitrogen and oxygen atoms in total. The van der Waals surface area contributed by atoms with Gasteiger partial charge >= 0.3 is 0 Å². The van der Waals surface area contributed by atoms with Gasteiger partial charge in [-0.3, -0.25) is 13.9 Å². The van der Waals surface area contributed by atoms with E-state index in [0.717, 1.165) is 21.9 Å². The number of sulfonamides is 1. The van der Waals surface area contributed by atoms with E-state index in [4.69, 9.17) is 4.74 Å². The molecular weight excluding hydrogens is 594 g/mol. The Balaban J connectivity index is 1.82. The van der Waals surface area contributed by atoms with Crippen LogP contribution in [0.2, 0.25) is 0 Å². The van der Waals surface area contributed by atoms with E-state index in [2.05, 4.69) is 21.2 Å². The zero-order valence-electron chi connectivity index (χ0n) is 23.0. The van der Waals surface area contributed by atoms with Crippen LogP contribution in [0, 0.1) is 0 Å². The predicted molar refractivity (Wildman–Crippen MR) is 162 cm³/mol. The van der Waals surface area contributed by atoms with Crippen molar-refractivity contribution < 1.29 is 22.7 Å². The second kappa shape index (κ2) is 14.9. The molecule has 0 aromatic heterocycles. The number of hydrogen-bond acceptors (Lipinski definition) is 5. The highest BCUT2D eigenvalue weighted by molar-refractivity contribution is 9.10. The lowest BCUT2D eigenvalue weighted by Gasteiger charge is -2.31. The van der Waals surface area contributed by atoms with Crippen molar-refractivity contribution in [3.05, 3.63) is 94.5 Å². The fourth-order valence-corrected chi connectivity index (χ4v) is 5.84. The van der Waals surface area contributed by atoms with Crippen LogP contribution in [-0.2, 0) is 32.6 Å². The van der Waals surface area contributed by atoms with Gasteiger partial charge in [0, 0.05) is 37.5 Å². The number of nitrogens with one attached hydrogen (secondary N) is 1. The summed E-state index contributed by atoms with van der Waals surface area (Å²) < 4.78 is 32.8. The van der Waals surface area contributed by atoms with Crippen molar-refractivity contribution in [2.45, 2.75) is 38.8 Å². The molecule has 214 valence electrons. The van der Waals surface area contributed by atoms with Crippen molar-refractivity contribution in [2.75, 3.05) is 30.8 Å². The largest absolute Gasteiger partial charge is 0.494 e. The summed E-state index contributed by atoms with van der Waals surface area (Å²) >= 11 is 3.48. The number of ether oxygens (including phenoxy) is 1. The minimum absolute atomic E-state index is 0.0688. The smallest absolute Gasteiger partial charge is 0.242 e. The quantitative estimate of drug-likeness (QED) is 0.277. The normalized spacial score (nSPS) is 11.9. The van der Waals surface area contributed by atoms with E-state index in [0.29, 0.717) is 24.5 Å². The summed E-state index contributed by atoms with van der Waals surface area (Å²) in [4.78, 5) is 28.4. The maximum atomic E-state index is 13.7. The molecule has 0 aliphatic carbocycles. The SMILES string of the molecule is CCOc1ccc(N(CCCC(=O)N(Cc2cccc(Br)c2)C(Cc2ccccc2)C(=O)NC)S(C)(=O)=O)cc1. The van der Waals surface area contributed by atoms with Gasteiger partial charge in [-0.25, -0.2) is 8.42 Å². The molecule has 0 radical (unpaired) electrons. The van der Waals surface area contributed by atoms with Crippen LogP contribution >= 0.6 is 15.9 Å². The van der Waals surface area contributed by atoms with Crippen LogP contribution in [0.3, 0.4) is 0 Å². The number of benzene rings is 3. The number of nitrogens with zero attached hydrogens (tertiary/aromatic N) is 2. The Kier molecular flexibility index (Phi) is 11.6. The molecule has 0 bridgehead atoms. The molecule has 0 aliphatic heterocycles. The Labute approximate surface area is 245 Å². The van der Waals surface area contributed by atoms with Gasteiger partial charge in [-0.05, 0) is 60.9 Å². The Morgan fingerprint density at radius 1 is 0.975 bits per heavy atom. The van der Waals surface area contributed by atoms with Gasteiger partial charge in [-0.15, -0.1) is 0 Å². The molecule has 1 atom stereocenters. The van der Waals surface area contributed by atoms with Gasteiger partial charge in [0.25, 0.3) is 0 Å². The molecule has 1 N–H and O–H groups in total. The van der Waals surface area contributed by atoms with Crippen LogP contribution in [0.25, 0.3) is 0 Å². The molecule has 0 heterocycles. The number of carbonyl (C=O) groups excluding carboxylic acids is 2. The van der Waals surface area contributed by atoms with Crippen molar-refractivity contribution in [2.24, 2.45) is 0 Å². The van der Waals surface area contributed by atoms with Gasteiger partial charge in [-0.2, -0.15) is 0 Å². The van der Waals surface area contributed by atoms with E-state index in [1.165, 1.54) is 4.31 Å². The summed E-state index contributed by atoms with van der Waals surface area (Å²) in [6.07, 6.45) is 1.84. The minimum Gasteiger partial charge on any atom is -0.494 e. The maximum Gasteiger partial charge on any atom is 0.242 e. The van der Waals surface area contributed by atoms with Gasteiger partial charge in [-0.1, -0.05) is 58.4 Å². The van der Waals surface area contributed by atoms with Gasteiger partial charge in [0.1, 0.15) is 11.8 Å². The fourth-order valence-electron chi connectivity index (χ4n) is 4.43. The van der Waals surface area contributed by atoms with Crippen LogP contribution in [0.4, 0.5) is 5.69 Å². The first-order valence-electron chi connectivity index (χ1n) is 13.1.